The molecule has 0 aliphatic carbocycles. The van der Waals surface area contributed by atoms with Crippen LogP contribution in [0.25, 0.3) is 0 Å². The van der Waals surface area contributed by atoms with Crippen molar-refractivity contribution >= 4 is 11.9 Å². The van der Waals surface area contributed by atoms with Crippen LogP contribution in [0.1, 0.15) is 28.8 Å². The highest BCUT2D eigenvalue weighted by Crippen LogP contribution is 2.20. The second-order valence-electron chi connectivity index (χ2n) is 3.87. The predicted molar refractivity (Wildman–Crippen MR) is 55.3 cm³/mol. The molecule has 5 heteroatoms. The summed E-state index contributed by atoms with van der Waals surface area (Å²) >= 11 is 0. The second kappa shape index (κ2) is 4.00. The average Bonchev–Trinajstić information content (AvgIpc) is 2.52. The molecule has 0 bridgehead atoms. The first-order valence-corrected chi connectivity index (χ1v) is 5.18. The van der Waals surface area contributed by atoms with Gasteiger partial charge in [0.2, 0.25) is 11.7 Å². The van der Waals surface area contributed by atoms with Crippen molar-refractivity contribution in [1.29, 1.82) is 0 Å². The molecule has 0 fully saturated rings. The maximum Gasteiger partial charge on any atom is 0.371 e. The lowest BCUT2D eigenvalue weighted by molar-refractivity contribution is -0.128. The third-order valence-electron chi connectivity index (χ3n) is 2.81. The van der Waals surface area contributed by atoms with Gasteiger partial charge in [-0.15, -0.1) is 0 Å². The highest BCUT2D eigenvalue weighted by atomic mass is 16.4. The summed E-state index contributed by atoms with van der Waals surface area (Å²) in [7, 11) is 0. The number of aromatic carboxylic acids is 1. The smallest absolute Gasteiger partial charge is 0.371 e. The fourth-order valence-corrected chi connectivity index (χ4v) is 1.91. The zero-order valence-corrected chi connectivity index (χ0v) is 9.02. The number of rotatable bonds is 1. The van der Waals surface area contributed by atoms with Gasteiger partial charge in [0.1, 0.15) is 5.76 Å². The van der Waals surface area contributed by atoms with Crippen molar-refractivity contribution in [2.24, 2.45) is 0 Å². The van der Waals surface area contributed by atoms with Crippen LogP contribution in [0.3, 0.4) is 0 Å². The molecule has 1 aliphatic heterocycles. The summed E-state index contributed by atoms with van der Waals surface area (Å²) < 4.78 is 5.24. The number of carbonyl (C=O) groups is 2. The van der Waals surface area contributed by atoms with E-state index >= 15 is 0 Å². The Morgan fingerprint density at radius 1 is 1.38 bits per heavy atom. The first kappa shape index (κ1) is 10.7. The van der Waals surface area contributed by atoms with Crippen LogP contribution in [0.2, 0.25) is 0 Å². The van der Waals surface area contributed by atoms with E-state index in [1.807, 2.05) is 0 Å². The van der Waals surface area contributed by atoms with Gasteiger partial charge in [0.15, 0.2) is 0 Å². The van der Waals surface area contributed by atoms with E-state index in [-0.39, 0.29) is 11.7 Å². The van der Waals surface area contributed by atoms with E-state index in [4.69, 9.17) is 9.52 Å². The molecule has 1 aliphatic rings. The summed E-state index contributed by atoms with van der Waals surface area (Å²) in [4.78, 5) is 23.7. The molecule has 0 atom stereocenters. The van der Waals surface area contributed by atoms with Crippen molar-refractivity contribution in [3.63, 3.8) is 0 Å². The topological polar surface area (TPSA) is 70.8 Å². The number of nitrogens with zero attached hydrogens (tertiary/aromatic N) is 1. The highest BCUT2D eigenvalue weighted by molar-refractivity contribution is 5.84. The largest absolute Gasteiger partial charge is 0.475 e. The molecular weight excluding hydrogens is 210 g/mol. The molecule has 0 saturated carbocycles. The Labute approximate surface area is 92.7 Å². The van der Waals surface area contributed by atoms with Crippen molar-refractivity contribution in [2.45, 2.75) is 19.8 Å². The lowest BCUT2D eigenvalue weighted by Crippen LogP contribution is -2.31. The van der Waals surface area contributed by atoms with Gasteiger partial charge in [0.25, 0.3) is 0 Å². The number of hydrogen-bond acceptors (Lipinski definition) is 3. The maximum atomic E-state index is 11.2. The van der Waals surface area contributed by atoms with Crippen LogP contribution < -0.4 is 0 Å². The monoisotopic (exact) mass is 223 g/mol. The minimum absolute atomic E-state index is 0.0127. The molecule has 1 N–H and O–H groups in total. The minimum atomic E-state index is -1.04. The predicted octanol–water partition coefficient (Wildman–Crippen LogP) is 0.925. The normalized spacial score (nSPS) is 15.4. The maximum absolute atomic E-state index is 11.2. The van der Waals surface area contributed by atoms with E-state index in [2.05, 4.69) is 0 Å². The van der Waals surface area contributed by atoms with Crippen LogP contribution >= 0.6 is 0 Å². The summed E-state index contributed by atoms with van der Waals surface area (Å²) in [5, 5.41) is 8.79. The lowest BCUT2D eigenvalue weighted by Gasteiger charge is -2.17. The molecule has 1 amide bonds. The highest BCUT2D eigenvalue weighted by Gasteiger charge is 2.21. The van der Waals surface area contributed by atoms with Crippen molar-refractivity contribution in [3.05, 3.63) is 23.2 Å². The van der Waals surface area contributed by atoms with Crippen molar-refractivity contribution in [1.82, 2.24) is 4.90 Å². The van der Waals surface area contributed by atoms with Gasteiger partial charge >= 0.3 is 5.97 Å². The van der Waals surface area contributed by atoms with E-state index in [0.717, 1.165) is 5.56 Å². The minimum Gasteiger partial charge on any atom is -0.475 e. The number of carboxylic acid groups (broad SMARTS) is 1. The number of amides is 1. The molecule has 5 nitrogen and oxygen atoms in total. The first-order valence-electron chi connectivity index (χ1n) is 5.18. The summed E-state index contributed by atoms with van der Waals surface area (Å²) in [5.41, 5.74) is 0.904. The van der Waals surface area contributed by atoms with Gasteiger partial charge < -0.3 is 14.4 Å². The van der Waals surface area contributed by atoms with E-state index < -0.39 is 5.97 Å². The third kappa shape index (κ3) is 1.93. The molecule has 1 aromatic rings. The quantitative estimate of drug-likeness (QED) is 0.768. The Kier molecular flexibility index (Phi) is 2.68. The van der Waals surface area contributed by atoms with Crippen LogP contribution in [0.5, 0.6) is 0 Å². The first-order chi connectivity index (χ1) is 7.58. The van der Waals surface area contributed by atoms with Gasteiger partial charge in [0, 0.05) is 26.4 Å². The van der Waals surface area contributed by atoms with Gasteiger partial charge in [-0.3, -0.25) is 4.79 Å². The number of fused-ring (bicyclic) bond motifs is 1. The summed E-state index contributed by atoms with van der Waals surface area (Å²) in [6.07, 6.45) is 1.24. The number of furan rings is 1. The van der Waals surface area contributed by atoms with Crippen molar-refractivity contribution in [2.75, 3.05) is 13.1 Å². The lowest BCUT2D eigenvalue weighted by atomic mass is 10.1. The van der Waals surface area contributed by atoms with Gasteiger partial charge in [-0.2, -0.15) is 0 Å². The zero-order valence-electron chi connectivity index (χ0n) is 9.02. The van der Waals surface area contributed by atoms with Crippen LogP contribution in [0.15, 0.2) is 10.5 Å². The second-order valence-corrected chi connectivity index (χ2v) is 3.87. The van der Waals surface area contributed by atoms with Gasteiger partial charge in [-0.25, -0.2) is 4.79 Å². The summed E-state index contributed by atoms with van der Waals surface area (Å²) in [6.45, 7) is 2.76. The Morgan fingerprint density at radius 3 is 2.69 bits per heavy atom. The van der Waals surface area contributed by atoms with Crippen molar-refractivity contribution < 1.29 is 19.1 Å². The summed E-state index contributed by atoms with van der Waals surface area (Å²) in [6, 6.07) is 1.56. The molecule has 2 rings (SSSR count). The molecule has 1 aromatic heterocycles. The fourth-order valence-electron chi connectivity index (χ4n) is 1.91. The van der Waals surface area contributed by atoms with Crippen LogP contribution in [0, 0.1) is 0 Å². The van der Waals surface area contributed by atoms with Gasteiger partial charge in [-0.1, -0.05) is 0 Å². The van der Waals surface area contributed by atoms with Gasteiger partial charge in [-0.05, 0) is 18.1 Å². The van der Waals surface area contributed by atoms with Crippen LogP contribution in [-0.4, -0.2) is 35.0 Å². The van der Waals surface area contributed by atoms with E-state index in [1.54, 1.807) is 11.0 Å². The standard InChI is InChI=1S/C11H13NO4/c1-7(13)12-4-2-8-6-10(11(14)15)16-9(8)3-5-12/h6H,2-5H2,1H3,(H,14,15). The zero-order chi connectivity index (χ0) is 11.7. The molecule has 0 radical (unpaired) electrons. The van der Waals surface area contributed by atoms with Crippen LogP contribution in [-0.2, 0) is 17.6 Å². The van der Waals surface area contributed by atoms with Crippen LogP contribution in [0.4, 0.5) is 0 Å². The fraction of sp³-hybridized carbons (Fsp3) is 0.455. The number of carboxylic acids is 1. The molecule has 2 heterocycles. The molecule has 0 saturated heterocycles. The number of carbonyl (C=O) groups excluding carboxylic acids is 1. The van der Waals surface area contributed by atoms with E-state index in [0.29, 0.717) is 31.7 Å². The van der Waals surface area contributed by atoms with E-state index in [9.17, 15) is 9.59 Å². The average molecular weight is 223 g/mol. The molecule has 0 aromatic carbocycles. The molecule has 16 heavy (non-hydrogen) atoms. The number of hydrogen-bond donors (Lipinski definition) is 1. The third-order valence-corrected chi connectivity index (χ3v) is 2.81. The van der Waals surface area contributed by atoms with E-state index in [1.165, 1.54) is 6.92 Å². The Balaban J connectivity index is 2.18. The molecule has 0 spiro atoms. The van der Waals surface area contributed by atoms with Crippen molar-refractivity contribution in [3.8, 4) is 0 Å². The van der Waals surface area contributed by atoms with Gasteiger partial charge in [0.05, 0.1) is 0 Å². The Morgan fingerprint density at radius 2 is 2.06 bits per heavy atom. The Hall–Kier alpha value is -1.78. The summed E-state index contributed by atoms with van der Waals surface area (Å²) in [5.74, 6) is -0.317. The molecule has 86 valence electrons. The molecule has 0 unspecified atom stereocenters. The Bertz CT molecular complexity index is 410. The SMILES string of the molecule is CC(=O)N1CCc2cc(C(=O)O)oc2CC1. The molecular formula is C11H13NO4.